The third-order valence-corrected chi connectivity index (χ3v) is 4.49. The first-order valence-corrected chi connectivity index (χ1v) is 8.37. The van der Waals surface area contributed by atoms with Gasteiger partial charge < -0.3 is 16.0 Å². The lowest BCUT2D eigenvalue weighted by Gasteiger charge is -2.27. The van der Waals surface area contributed by atoms with Crippen molar-refractivity contribution in [2.24, 2.45) is 0 Å². The number of aromatic nitrogens is 2. The Morgan fingerprint density at radius 2 is 1.88 bits per heavy atom. The number of hydrogen-bond acceptors (Lipinski definition) is 7. The van der Waals surface area contributed by atoms with Crippen molar-refractivity contribution < 1.29 is 4.92 Å². The molecule has 1 aliphatic heterocycles. The second kappa shape index (κ2) is 6.92. The Hall–Kier alpha value is -2.90. The van der Waals surface area contributed by atoms with Crippen molar-refractivity contribution in [1.29, 1.82) is 0 Å². The van der Waals surface area contributed by atoms with Crippen molar-refractivity contribution in [3.8, 4) is 0 Å². The summed E-state index contributed by atoms with van der Waals surface area (Å²) < 4.78 is 0. The number of anilines is 4. The molecule has 0 radical (unpaired) electrons. The lowest BCUT2D eigenvalue weighted by atomic mass is 10.1. The van der Waals surface area contributed by atoms with E-state index in [9.17, 15) is 10.1 Å². The van der Waals surface area contributed by atoms with Crippen LogP contribution in [-0.2, 0) is 0 Å². The summed E-state index contributed by atoms with van der Waals surface area (Å²) in [5.74, 6) is 0.447. The third-order valence-electron chi connectivity index (χ3n) is 4.49. The van der Waals surface area contributed by atoms with E-state index < -0.39 is 4.92 Å². The molecule has 8 heteroatoms. The van der Waals surface area contributed by atoms with Gasteiger partial charge in [0.05, 0.1) is 4.92 Å². The molecule has 1 aromatic heterocycles. The molecule has 0 spiro atoms. The molecule has 2 heterocycles. The highest BCUT2D eigenvalue weighted by Crippen LogP contribution is 2.34. The van der Waals surface area contributed by atoms with Gasteiger partial charge in [0.1, 0.15) is 0 Å². The minimum atomic E-state index is -0.501. The highest BCUT2D eigenvalue weighted by molar-refractivity contribution is 5.72. The van der Waals surface area contributed by atoms with E-state index in [-0.39, 0.29) is 17.5 Å². The van der Waals surface area contributed by atoms with E-state index in [1.54, 1.807) is 0 Å². The number of piperidine rings is 1. The zero-order valence-electron chi connectivity index (χ0n) is 14.5. The maximum absolute atomic E-state index is 11.4. The van der Waals surface area contributed by atoms with Gasteiger partial charge in [-0.3, -0.25) is 10.1 Å². The Balaban J connectivity index is 1.98. The Bertz CT molecular complexity index is 802. The average molecular weight is 342 g/mol. The highest BCUT2D eigenvalue weighted by atomic mass is 16.6. The molecule has 3 rings (SSSR count). The van der Waals surface area contributed by atoms with Crippen molar-refractivity contribution in [1.82, 2.24) is 9.97 Å². The van der Waals surface area contributed by atoms with Gasteiger partial charge in [-0.2, -0.15) is 9.97 Å². The van der Waals surface area contributed by atoms with Gasteiger partial charge in [-0.05, 0) is 56.4 Å². The zero-order chi connectivity index (χ0) is 18.0. The van der Waals surface area contributed by atoms with Crippen LogP contribution in [0.4, 0.5) is 29.0 Å². The molecule has 1 aromatic carbocycles. The minimum Gasteiger partial charge on any atom is -0.378 e. The van der Waals surface area contributed by atoms with Crippen molar-refractivity contribution in [2.45, 2.75) is 33.1 Å². The van der Waals surface area contributed by atoms with Gasteiger partial charge in [-0.15, -0.1) is 0 Å². The number of hydrogen-bond donors (Lipinski definition) is 2. The maximum atomic E-state index is 11.4. The van der Waals surface area contributed by atoms with Gasteiger partial charge in [-0.25, -0.2) is 0 Å². The molecule has 0 saturated carbocycles. The highest BCUT2D eigenvalue weighted by Gasteiger charge is 2.28. The summed E-state index contributed by atoms with van der Waals surface area (Å²) in [5.41, 5.74) is 8.80. The molecule has 0 atom stereocenters. The van der Waals surface area contributed by atoms with E-state index >= 15 is 0 Å². The van der Waals surface area contributed by atoms with Crippen LogP contribution in [0.5, 0.6) is 0 Å². The van der Waals surface area contributed by atoms with Crippen LogP contribution < -0.4 is 16.0 Å². The maximum Gasteiger partial charge on any atom is 0.353 e. The molecule has 25 heavy (non-hydrogen) atoms. The first-order valence-electron chi connectivity index (χ1n) is 8.37. The normalized spacial score (nSPS) is 14.4. The van der Waals surface area contributed by atoms with E-state index in [2.05, 4.69) is 15.3 Å². The van der Waals surface area contributed by atoms with Gasteiger partial charge in [0.2, 0.25) is 17.6 Å². The number of benzene rings is 1. The minimum absolute atomic E-state index is 0.119. The SMILES string of the molecule is Cc1ccc(Nc2nc(N)c([N+](=O)[O-])c(N3CCCCC3)n2)cc1C. The summed E-state index contributed by atoms with van der Waals surface area (Å²) in [6.45, 7) is 5.53. The number of rotatable bonds is 4. The van der Waals surface area contributed by atoms with Gasteiger partial charge in [0, 0.05) is 18.8 Å². The molecule has 1 saturated heterocycles. The monoisotopic (exact) mass is 342 g/mol. The molecule has 8 nitrogen and oxygen atoms in total. The van der Waals surface area contributed by atoms with Gasteiger partial charge in [0.25, 0.3) is 0 Å². The molecule has 1 fully saturated rings. The first-order chi connectivity index (χ1) is 12.0. The van der Waals surface area contributed by atoms with Crippen molar-refractivity contribution in [3.05, 3.63) is 39.4 Å². The lowest BCUT2D eigenvalue weighted by molar-refractivity contribution is -0.383. The predicted octanol–water partition coefficient (Wildman–Crippen LogP) is 3.32. The van der Waals surface area contributed by atoms with Crippen LogP contribution in [0.2, 0.25) is 0 Å². The number of aryl methyl sites for hydroxylation is 2. The number of nitrogens with one attached hydrogen (secondary N) is 1. The molecule has 0 aliphatic carbocycles. The fraction of sp³-hybridized carbons (Fsp3) is 0.412. The van der Waals surface area contributed by atoms with Gasteiger partial charge in [0.15, 0.2) is 0 Å². The molecule has 3 N–H and O–H groups in total. The fourth-order valence-corrected chi connectivity index (χ4v) is 2.97. The van der Waals surface area contributed by atoms with Crippen molar-refractivity contribution >= 4 is 29.0 Å². The van der Waals surface area contributed by atoms with Crippen LogP contribution >= 0.6 is 0 Å². The molecular weight excluding hydrogens is 320 g/mol. The summed E-state index contributed by atoms with van der Waals surface area (Å²) in [7, 11) is 0. The van der Waals surface area contributed by atoms with E-state index in [0.29, 0.717) is 5.82 Å². The summed E-state index contributed by atoms with van der Waals surface area (Å²) in [4.78, 5) is 21.3. The zero-order valence-corrected chi connectivity index (χ0v) is 14.5. The van der Waals surface area contributed by atoms with Crippen LogP contribution in [0.25, 0.3) is 0 Å². The topological polar surface area (TPSA) is 110 Å². The second-order valence-electron chi connectivity index (χ2n) is 6.33. The van der Waals surface area contributed by atoms with E-state index in [0.717, 1.165) is 43.6 Å². The standard InChI is InChI=1S/C17H22N6O2/c1-11-6-7-13(10-12(11)2)19-17-20-15(18)14(23(24)25)16(21-17)22-8-4-3-5-9-22/h6-7,10H,3-5,8-9H2,1-2H3,(H3,18,19,20,21). The quantitative estimate of drug-likeness (QED) is 0.647. The number of nitrogens with zero attached hydrogens (tertiary/aromatic N) is 4. The fourth-order valence-electron chi connectivity index (χ4n) is 2.97. The number of nitrogen functional groups attached to an aromatic ring is 1. The second-order valence-corrected chi connectivity index (χ2v) is 6.33. The molecule has 0 bridgehead atoms. The lowest BCUT2D eigenvalue weighted by Crippen LogP contribution is -2.31. The van der Waals surface area contributed by atoms with Crippen LogP contribution in [0, 0.1) is 24.0 Å². The van der Waals surface area contributed by atoms with Crippen LogP contribution in [0.15, 0.2) is 18.2 Å². The van der Waals surface area contributed by atoms with E-state index in [1.807, 2.05) is 36.9 Å². The average Bonchev–Trinajstić information content (AvgIpc) is 2.58. The summed E-state index contributed by atoms with van der Waals surface area (Å²) in [6, 6.07) is 5.90. The Morgan fingerprint density at radius 1 is 1.16 bits per heavy atom. The largest absolute Gasteiger partial charge is 0.378 e. The van der Waals surface area contributed by atoms with Crippen molar-refractivity contribution in [3.63, 3.8) is 0 Å². The number of nitrogens with two attached hydrogens (primary N) is 1. The molecule has 0 amide bonds. The Labute approximate surface area is 146 Å². The van der Waals surface area contributed by atoms with Gasteiger partial charge >= 0.3 is 5.69 Å². The number of nitro groups is 1. The smallest absolute Gasteiger partial charge is 0.353 e. The molecule has 1 aliphatic rings. The summed E-state index contributed by atoms with van der Waals surface area (Å²) >= 11 is 0. The summed E-state index contributed by atoms with van der Waals surface area (Å²) in [5, 5.41) is 14.5. The first kappa shape index (κ1) is 16.9. The predicted molar refractivity (Wildman–Crippen MR) is 98.4 cm³/mol. The van der Waals surface area contributed by atoms with Crippen molar-refractivity contribution in [2.75, 3.05) is 29.0 Å². The van der Waals surface area contributed by atoms with Crippen LogP contribution in [0.1, 0.15) is 30.4 Å². The Morgan fingerprint density at radius 3 is 2.52 bits per heavy atom. The molecule has 2 aromatic rings. The third kappa shape index (κ3) is 3.62. The molecule has 132 valence electrons. The van der Waals surface area contributed by atoms with Crippen LogP contribution in [-0.4, -0.2) is 28.0 Å². The van der Waals surface area contributed by atoms with Crippen LogP contribution in [0.3, 0.4) is 0 Å². The van der Waals surface area contributed by atoms with Gasteiger partial charge in [-0.1, -0.05) is 6.07 Å². The van der Waals surface area contributed by atoms with E-state index in [4.69, 9.17) is 5.73 Å². The Kier molecular flexibility index (Phi) is 4.69. The molecule has 0 unspecified atom stereocenters. The summed E-state index contributed by atoms with van der Waals surface area (Å²) in [6.07, 6.45) is 3.10. The molecular formula is C17H22N6O2. The van der Waals surface area contributed by atoms with E-state index in [1.165, 1.54) is 5.56 Å².